The molecule has 0 radical (unpaired) electrons. The van der Waals surface area contributed by atoms with Crippen LogP contribution < -0.4 is 11.1 Å². The quantitative estimate of drug-likeness (QED) is 0.584. The van der Waals surface area contributed by atoms with E-state index in [0.717, 1.165) is 40.5 Å². The SMILES string of the molecule is CCOC=O.Nc1ncnc2c1c(I)cn2C1CCNCC1. The number of halogens is 1. The summed E-state index contributed by atoms with van der Waals surface area (Å²) in [5.41, 5.74) is 6.88. The molecule has 22 heavy (non-hydrogen) atoms. The van der Waals surface area contributed by atoms with E-state index in [1.807, 2.05) is 0 Å². The second-order valence-corrected chi connectivity index (χ2v) is 6.04. The molecule has 1 fully saturated rings. The molecule has 1 aliphatic rings. The van der Waals surface area contributed by atoms with Gasteiger partial charge in [0.05, 0.1) is 12.0 Å². The number of rotatable bonds is 3. The molecule has 2 aromatic heterocycles. The Morgan fingerprint density at radius 1 is 1.50 bits per heavy atom. The molecule has 3 rings (SSSR count). The summed E-state index contributed by atoms with van der Waals surface area (Å²) >= 11 is 2.30. The van der Waals surface area contributed by atoms with Crippen molar-refractivity contribution in [2.24, 2.45) is 0 Å². The lowest BCUT2D eigenvalue weighted by Gasteiger charge is -2.24. The zero-order valence-electron chi connectivity index (χ0n) is 12.5. The van der Waals surface area contributed by atoms with Crippen molar-refractivity contribution < 1.29 is 9.53 Å². The smallest absolute Gasteiger partial charge is 0.293 e. The highest BCUT2D eigenvalue weighted by molar-refractivity contribution is 14.1. The number of ether oxygens (including phenoxy) is 1. The van der Waals surface area contributed by atoms with Gasteiger partial charge in [0.1, 0.15) is 17.8 Å². The second kappa shape index (κ2) is 8.28. The van der Waals surface area contributed by atoms with Gasteiger partial charge in [-0.15, -0.1) is 0 Å². The molecule has 8 heteroatoms. The average Bonchev–Trinajstić information content (AvgIpc) is 2.88. The third-order valence-corrected chi connectivity index (χ3v) is 4.35. The average molecular weight is 417 g/mol. The molecule has 1 aliphatic heterocycles. The van der Waals surface area contributed by atoms with E-state index < -0.39 is 0 Å². The van der Waals surface area contributed by atoms with Crippen LogP contribution in [0.25, 0.3) is 11.0 Å². The number of aromatic nitrogens is 3. The summed E-state index contributed by atoms with van der Waals surface area (Å²) in [4.78, 5) is 17.6. The number of anilines is 1. The highest BCUT2D eigenvalue weighted by atomic mass is 127. The van der Waals surface area contributed by atoms with Crippen LogP contribution in [0, 0.1) is 3.57 Å². The van der Waals surface area contributed by atoms with Gasteiger partial charge < -0.3 is 20.4 Å². The van der Waals surface area contributed by atoms with Crippen LogP contribution in [0.1, 0.15) is 25.8 Å². The molecule has 0 saturated carbocycles. The van der Waals surface area contributed by atoms with E-state index in [4.69, 9.17) is 5.73 Å². The summed E-state index contributed by atoms with van der Waals surface area (Å²) in [5, 5.41) is 4.37. The van der Waals surface area contributed by atoms with Crippen molar-refractivity contribution in [3.8, 4) is 0 Å². The maximum absolute atomic E-state index is 9.18. The zero-order valence-corrected chi connectivity index (χ0v) is 14.6. The van der Waals surface area contributed by atoms with Gasteiger partial charge in [-0.3, -0.25) is 4.79 Å². The Kier molecular flexibility index (Phi) is 6.37. The first kappa shape index (κ1) is 16.9. The Balaban J connectivity index is 0.000000309. The molecule has 0 aliphatic carbocycles. The van der Waals surface area contributed by atoms with E-state index >= 15 is 0 Å². The predicted molar refractivity (Wildman–Crippen MR) is 93.5 cm³/mol. The molecule has 0 atom stereocenters. The second-order valence-electron chi connectivity index (χ2n) is 4.87. The van der Waals surface area contributed by atoms with Crippen molar-refractivity contribution in [2.75, 3.05) is 25.4 Å². The Bertz CT molecular complexity index is 625. The molecule has 0 aromatic carbocycles. The molecule has 3 N–H and O–H groups in total. The Morgan fingerprint density at radius 2 is 2.23 bits per heavy atom. The third-order valence-electron chi connectivity index (χ3n) is 3.53. The fourth-order valence-corrected chi connectivity index (χ4v) is 3.31. The van der Waals surface area contributed by atoms with Crippen LogP contribution in [0.15, 0.2) is 12.5 Å². The van der Waals surface area contributed by atoms with E-state index in [1.165, 1.54) is 0 Å². The van der Waals surface area contributed by atoms with Gasteiger partial charge in [-0.25, -0.2) is 9.97 Å². The summed E-state index contributed by atoms with van der Waals surface area (Å²) in [6.45, 7) is 4.81. The lowest BCUT2D eigenvalue weighted by molar-refractivity contribution is -0.128. The van der Waals surface area contributed by atoms with Crippen molar-refractivity contribution >= 4 is 45.9 Å². The van der Waals surface area contributed by atoms with Gasteiger partial charge in [0.15, 0.2) is 0 Å². The molecule has 3 heterocycles. The van der Waals surface area contributed by atoms with Crippen LogP contribution in [0.3, 0.4) is 0 Å². The molecule has 0 spiro atoms. The number of nitrogens with zero attached hydrogens (tertiary/aromatic N) is 3. The molecule has 7 nitrogen and oxygen atoms in total. The molecule has 0 amide bonds. The first-order chi connectivity index (χ1) is 10.7. The number of carbonyl (C=O) groups excluding carboxylic acids is 1. The predicted octanol–water partition coefficient (Wildman–Crippen LogP) is 1.72. The van der Waals surface area contributed by atoms with Crippen LogP contribution in [0.2, 0.25) is 0 Å². The number of piperidine rings is 1. The fourth-order valence-electron chi connectivity index (χ4n) is 2.49. The van der Waals surface area contributed by atoms with E-state index in [1.54, 1.807) is 13.3 Å². The van der Waals surface area contributed by atoms with Crippen molar-refractivity contribution in [1.82, 2.24) is 19.9 Å². The minimum absolute atomic E-state index is 0.431. The van der Waals surface area contributed by atoms with Crippen LogP contribution in [0.4, 0.5) is 5.82 Å². The topological polar surface area (TPSA) is 95.1 Å². The van der Waals surface area contributed by atoms with Gasteiger partial charge in [-0.2, -0.15) is 0 Å². The summed E-state index contributed by atoms with van der Waals surface area (Å²) in [5.74, 6) is 0.576. The molecule has 120 valence electrons. The summed E-state index contributed by atoms with van der Waals surface area (Å²) in [6, 6.07) is 0.525. The third kappa shape index (κ3) is 3.86. The van der Waals surface area contributed by atoms with Crippen LogP contribution in [0.5, 0.6) is 0 Å². The van der Waals surface area contributed by atoms with Gasteiger partial charge >= 0.3 is 0 Å². The minimum Gasteiger partial charge on any atom is -0.468 e. The highest BCUT2D eigenvalue weighted by Crippen LogP contribution is 2.30. The number of carbonyl (C=O) groups is 1. The molecular formula is C14H20IN5O2. The molecule has 1 saturated heterocycles. The standard InChI is InChI=1S/C11H14IN5.C3H6O2/c12-8-5-17(7-1-3-14-4-2-7)11-9(8)10(13)15-6-16-11;1-2-5-3-4/h5-7,14H,1-4H2,(H2,13,15,16);3H,2H2,1H3. The van der Waals surface area contributed by atoms with E-state index in [0.29, 0.717) is 24.9 Å². The fraction of sp³-hybridized carbons (Fsp3) is 0.500. The van der Waals surface area contributed by atoms with Gasteiger partial charge in [-0.1, -0.05) is 0 Å². The van der Waals surface area contributed by atoms with E-state index in [-0.39, 0.29) is 0 Å². The normalized spacial score (nSPS) is 15.2. The van der Waals surface area contributed by atoms with Crippen LogP contribution >= 0.6 is 22.6 Å². The summed E-state index contributed by atoms with van der Waals surface area (Å²) < 4.78 is 7.55. The Hall–Kier alpha value is -1.42. The Labute approximate surface area is 142 Å². The summed E-state index contributed by atoms with van der Waals surface area (Å²) in [6.07, 6.45) is 5.98. The van der Waals surface area contributed by atoms with Gasteiger partial charge in [0.25, 0.3) is 6.47 Å². The largest absolute Gasteiger partial charge is 0.468 e. The van der Waals surface area contributed by atoms with Crippen molar-refractivity contribution in [2.45, 2.75) is 25.8 Å². The molecular weight excluding hydrogens is 397 g/mol. The molecule has 0 bridgehead atoms. The lowest BCUT2D eigenvalue weighted by Crippen LogP contribution is -2.29. The number of nitrogens with one attached hydrogen (secondary N) is 1. The number of fused-ring (bicyclic) bond motifs is 1. The Morgan fingerprint density at radius 3 is 2.82 bits per heavy atom. The van der Waals surface area contributed by atoms with Crippen LogP contribution in [-0.2, 0) is 9.53 Å². The van der Waals surface area contributed by atoms with E-state index in [2.05, 4.69) is 53.4 Å². The van der Waals surface area contributed by atoms with Gasteiger partial charge in [-0.05, 0) is 55.4 Å². The van der Waals surface area contributed by atoms with E-state index in [9.17, 15) is 4.79 Å². The van der Waals surface area contributed by atoms with Gasteiger partial charge in [0.2, 0.25) is 0 Å². The van der Waals surface area contributed by atoms with Crippen molar-refractivity contribution in [3.63, 3.8) is 0 Å². The first-order valence-electron chi connectivity index (χ1n) is 7.21. The maximum Gasteiger partial charge on any atom is 0.293 e. The number of hydrogen-bond acceptors (Lipinski definition) is 6. The van der Waals surface area contributed by atoms with Crippen molar-refractivity contribution in [3.05, 3.63) is 16.1 Å². The summed E-state index contributed by atoms with van der Waals surface area (Å²) in [7, 11) is 0. The number of nitrogens with two attached hydrogens (primary N) is 1. The molecule has 2 aromatic rings. The van der Waals surface area contributed by atoms with Crippen molar-refractivity contribution in [1.29, 1.82) is 0 Å². The number of nitrogen functional groups attached to an aromatic ring is 1. The van der Waals surface area contributed by atoms with Gasteiger partial charge in [0, 0.05) is 15.8 Å². The minimum atomic E-state index is 0.431. The first-order valence-corrected chi connectivity index (χ1v) is 8.29. The highest BCUT2D eigenvalue weighted by Gasteiger charge is 2.19. The van der Waals surface area contributed by atoms with Crippen LogP contribution in [-0.4, -0.2) is 40.7 Å². The molecule has 0 unspecified atom stereocenters. The monoisotopic (exact) mass is 417 g/mol. The maximum atomic E-state index is 9.18. The zero-order chi connectivity index (χ0) is 15.9. The lowest BCUT2D eigenvalue weighted by atomic mass is 10.1. The number of hydrogen-bond donors (Lipinski definition) is 2.